The molecule has 2 nitrogen and oxygen atoms in total. The standard InChI is InChI=1S/C58H94N2/c1-9-14-19-20-21-22-23-24-25-26-27-28-29-30-31-32-33-34-35-36-37-42-56-55(41-18-13-5)58(60(59)57(56)52-43-47(6)49(8)48(7)44-52)53-45-50(38-15-10-2)54(40-17-12-4)51(46-53)39-16-11-3/h37,42-46H,9-36,38-41H2,1-8H3. The quantitative estimate of drug-likeness (QED) is 0.0489. The molecule has 0 bridgehead atoms. The summed E-state index contributed by atoms with van der Waals surface area (Å²) in [4.78, 5) is 0. The Hall–Kier alpha value is -2.74. The van der Waals surface area contributed by atoms with Gasteiger partial charge in [-0.15, -0.1) is 0 Å². The van der Waals surface area contributed by atoms with Gasteiger partial charge in [0.05, 0.1) is 5.57 Å². The van der Waals surface area contributed by atoms with Crippen LogP contribution in [0.15, 0.2) is 47.6 Å². The highest BCUT2D eigenvalue weighted by molar-refractivity contribution is 5.84. The molecule has 0 fully saturated rings. The van der Waals surface area contributed by atoms with E-state index in [1.807, 2.05) is 0 Å². The van der Waals surface area contributed by atoms with E-state index in [4.69, 9.17) is 0 Å². The Labute approximate surface area is 373 Å². The first-order valence-corrected chi connectivity index (χ1v) is 26.2. The Morgan fingerprint density at radius 1 is 0.433 bits per heavy atom. The summed E-state index contributed by atoms with van der Waals surface area (Å²) in [6.07, 6.45) is 46.6. The van der Waals surface area contributed by atoms with Gasteiger partial charge in [-0.2, -0.15) is 0 Å². The molecule has 1 aliphatic heterocycles. The highest BCUT2D eigenvalue weighted by atomic mass is 15.2. The molecule has 2 aromatic rings. The molecule has 0 aromatic heterocycles. The normalized spacial score (nSPS) is 13.3. The number of hydrogen-bond acceptors (Lipinski definition) is 0. The number of aryl methyl sites for hydroxylation is 4. The van der Waals surface area contributed by atoms with Crippen LogP contribution >= 0.6 is 0 Å². The molecule has 0 saturated heterocycles. The van der Waals surface area contributed by atoms with E-state index in [2.05, 4.69) is 91.8 Å². The first-order valence-electron chi connectivity index (χ1n) is 26.2. The molecule has 1 aliphatic rings. The molecular weight excluding hydrogens is 725 g/mol. The summed E-state index contributed by atoms with van der Waals surface area (Å²) in [5, 5.41) is 0. The van der Waals surface area contributed by atoms with E-state index in [0.717, 1.165) is 55.5 Å². The molecule has 3 rings (SSSR count). The molecule has 0 spiro atoms. The summed E-state index contributed by atoms with van der Waals surface area (Å²) in [6, 6.07) is 9.57. The largest absolute Gasteiger partial charge is 0.493 e. The van der Waals surface area contributed by atoms with Crippen molar-refractivity contribution in [3.63, 3.8) is 0 Å². The number of rotatable bonds is 35. The third-order valence-corrected chi connectivity index (χ3v) is 13.6. The fourth-order valence-electron chi connectivity index (χ4n) is 9.49. The van der Waals surface area contributed by atoms with Crippen LogP contribution in [0.25, 0.3) is 16.9 Å². The van der Waals surface area contributed by atoms with Crippen molar-refractivity contribution in [1.82, 2.24) is 0 Å². The van der Waals surface area contributed by atoms with Crippen LogP contribution in [-0.2, 0) is 19.3 Å². The Kier molecular flexibility index (Phi) is 26.8. The molecule has 1 heterocycles. The van der Waals surface area contributed by atoms with E-state index in [1.54, 1.807) is 10.3 Å². The second-order valence-corrected chi connectivity index (χ2v) is 18.9. The lowest BCUT2D eigenvalue weighted by atomic mass is 9.87. The molecule has 336 valence electrons. The van der Waals surface area contributed by atoms with Gasteiger partial charge in [-0.25, -0.2) is 4.70 Å². The molecule has 0 amide bonds. The van der Waals surface area contributed by atoms with Crippen molar-refractivity contribution < 1.29 is 4.70 Å². The first-order chi connectivity index (χ1) is 29.3. The average molecular weight is 819 g/mol. The van der Waals surface area contributed by atoms with Gasteiger partial charge in [-0.3, -0.25) is 0 Å². The van der Waals surface area contributed by atoms with E-state index >= 15 is 0 Å². The molecule has 0 unspecified atom stereocenters. The average Bonchev–Trinajstić information content (AvgIpc) is 3.52. The highest BCUT2D eigenvalue weighted by Gasteiger charge is 2.35. The maximum absolute atomic E-state index is 12.5. The number of nitrogens with zero attached hydrogens (tertiary/aromatic N) is 2. The topological polar surface area (TPSA) is 25.3 Å². The van der Waals surface area contributed by atoms with Crippen LogP contribution in [-0.4, -0.2) is 4.70 Å². The first kappa shape index (κ1) is 51.6. The van der Waals surface area contributed by atoms with Gasteiger partial charge >= 0.3 is 0 Å². The smallest absolute Gasteiger partial charge is 0.215 e. The minimum absolute atomic E-state index is 0.965. The zero-order valence-corrected chi connectivity index (χ0v) is 41.0. The lowest BCUT2D eigenvalue weighted by Gasteiger charge is -2.19. The maximum atomic E-state index is 12.5. The minimum Gasteiger partial charge on any atom is -0.493 e. The minimum atomic E-state index is 0.965. The maximum Gasteiger partial charge on any atom is 0.215 e. The summed E-state index contributed by atoms with van der Waals surface area (Å²) < 4.78 is 1.61. The second-order valence-electron chi connectivity index (χ2n) is 18.9. The molecular formula is C58H94N2. The van der Waals surface area contributed by atoms with Crippen molar-refractivity contribution in [1.29, 1.82) is 0 Å². The summed E-state index contributed by atoms with van der Waals surface area (Å²) in [5.41, 5.74) is 28.0. The zero-order chi connectivity index (χ0) is 43.4. The SMILES string of the molecule is CCCCCCCCCCCCCCCCCCCCCC=CC1=C(c2cc(C)c(C)c(C)c2)[N+](=[N-])C(c2cc(CCCC)c(CCCC)c(CCCC)c2)=C1CCCC. The van der Waals surface area contributed by atoms with Gasteiger partial charge in [-0.1, -0.05) is 188 Å². The predicted octanol–water partition coefficient (Wildman–Crippen LogP) is 19.4. The Bertz CT molecular complexity index is 1560. The van der Waals surface area contributed by atoms with E-state index in [0.29, 0.717) is 0 Å². The van der Waals surface area contributed by atoms with Crippen molar-refractivity contribution in [2.75, 3.05) is 0 Å². The van der Waals surface area contributed by atoms with E-state index in [9.17, 15) is 5.53 Å². The number of benzene rings is 2. The van der Waals surface area contributed by atoms with E-state index in [-0.39, 0.29) is 0 Å². The van der Waals surface area contributed by atoms with Crippen molar-refractivity contribution in [3.8, 4) is 0 Å². The zero-order valence-electron chi connectivity index (χ0n) is 41.0. The number of allylic oxidation sites excluding steroid dienone is 4. The molecule has 0 radical (unpaired) electrons. The van der Waals surface area contributed by atoms with Gasteiger partial charge in [0.15, 0.2) is 0 Å². The molecule has 2 aromatic carbocycles. The van der Waals surface area contributed by atoms with Crippen LogP contribution in [0.5, 0.6) is 0 Å². The lowest BCUT2D eigenvalue weighted by Crippen LogP contribution is -2.08. The lowest BCUT2D eigenvalue weighted by molar-refractivity contribution is -0.345. The van der Waals surface area contributed by atoms with Crippen LogP contribution in [0.3, 0.4) is 0 Å². The Morgan fingerprint density at radius 2 is 0.817 bits per heavy atom. The molecule has 2 heteroatoms. The second kappa shape index (κ2) is 31.2. The van der Waals surface area contributed by atoms with Crippen LogP contribution in [0.1, 0.15) is 265 Å². The molecule has 60 heavy (non-hydrogen) atoms. The van der Waals surface area contributed by atoms with Crippen LogP contribution in [0, 0.1) is 20.8 Å². The van der Waals surface area contributed by atoms with Crippen molar-refractivity contribution >= 4 is 11.4 Å². The monoisotopic (exact) mass is 819 g/mol. The van der Waals surface area contributed by atoms with Gasteiger partial charge in [0.25, 0.3) is 0 Å². The molecule has 0 saturated carbocycles. The molecule has 0 N–H and O–H groups in total. The van der Waals surface area contributed by atoms with Crippen molar-refractivity contribution in [3.05, 3.63) is 97.6 Å². The van der Waals surface area contributed by atoms with Gasteiger partial charge in [0, 0.05) is 16.7 Å². The third kappa shape index (κ3) is 17.6. The van der Waals surface area contributed by atoms with E-state index in [1.165, 1.54) is 211 Å². The summed E-state index contributed by atoms with van der Waals surface area (Å²) in [6.45, 7) is 18.2. The number of hydrogen-bond donors (Lipinski definition) is 0. The summed E-state index contributed by atoms with van der Waals surface area (Å²) in [7, 11) is 0. The summed E-state index contributed by atoms with van der Waals surface area (Å²) in [5.74, 6) is 0. The van der Waals surface area contributed by atoms with Crippen molar-refractivity contribution in [2.24, 2.45) is 0 Å². The van der Waals surface area contributed by atoms with Gasteiger partial charge < -0.3 is 5.53 Å². The van der Waals surface area contributed by atoms with Crippen LogP contribution < -0.4 is 0 Å². The van der Waals surface area contributed by atoms with Crippen molar-refractivity contribution in [2.45, 2.75) is 261 Å². The molecule has 0 aliphatic carbocycles. The fraction of sp³-hybridized carbons (Fsp3) is 0.690. The molecule has 0 atom stereocenters. The third-order valence-electron chi connectivity index (χ3n) is 13.6. The Balaban J connectivity index is 1.70. The van der Waals surface area contributed by atoms with Gasteiger partial charge in [0.1, 0.15) is 0 Å². The number of unbranched alkanes of at least 4 members (excludes halogenated alkanes) is 23. The van der Waals surface area contributed by atoms with Crippen LogP contribution in [0.4, 0.5) is 0 Å². The predicted molar refractivity (Wildman–Crippen MR) is 267 cm³/mol. The van der Waals surface area contributed by atoms with Gasteiger partial charge in [0.2, 0.25) is 11.4 Å². The highest BCUT2D eigenvalue weighted by Crippen LogP contribution is 2.45. The Morgan fingerprint density at radius 3 is 1.27 bits per heavy atom. The fourth-order valence-corrected chi connectivity index (χ4v) is 9.49. The summed E-state index contributed by atoms with van der Waals surface area (Å²) >= 11 is 0. The van der Waals surface area contributed by atoms with E-state index < -0.39 is 0 Å². The van der Waals surface area contributed by atoms with Gasteiger partial charge in [-0.05, 0) is 143 Å². The van der Waals surface area contributed by atoms with Crippen LogP contribution in [0.2, 0.25) is 0 Å².